The lowest BCUT2D eigenvalue weighted by molar-refractivity contribution is 0.0934. The number of hydrogen-bond donors (Lipinski definition) is 1. The Kier molecular flexibility index (Phi) is 4.43. The second kappa shape index (κ2) is 6.06. The number of hydrogen-bond acceptors (Lipinski definition) is 2. The van der Waals surface area contributed by atoms with Crippen molar-refractivity contribution in [2.75, 3.05) is 0 Å². The number of carbonyl (C=O) groups is 1. The fourth-order valence-corrected chi connectivity index (χ4v) is 2.24. The Morgan fingerprint density at radius 2 is 2.00 bits per heavy atom. The van der Waals surface area contributed by atoms with Gasteiger partial charge in [0.25, 0.3) is 5.91 Å². The molecule has 0 saturated carbocycles. The van der Waals surface area contributed by atoms with E-state index in [1.54, 1.807) is 13.0 Å². The number of halogens is 1. The summed E-state index contributed by atoms with van der Waals surface area (Å²) in [7, 11) is 0. The summed E-state index contributed by atoms with van der Waals surface area (Å²) >= 11 is 3.41. The summed E-state index contributed by atoms with van der Waals surface area (Å²) in [5, 5.41) is 3.03. The van der Waals surface area contributed by atoms with Crippen LogP contribution >= 0.6 is 15.9 Å². The topological polar surface area (TPSA) is 42.2 Å². The van der Waals surface area contributed by atoms with Crippen LogP contribution < -0.4 is 5.32 Å². The molecule has 1 aromatic carbocycles. The molecule has 19 heavy (non-hydrogen) atoms. The van der Waals surface area contributed by atoms with Crippen molar-refractivity contribution in [2.24, 2.45) is 0 Å². The van der Waals surface area contributed by atoms with E-state index in [0.717, 1.165) is 16.5 Å². The molecular weight excluding hydrogens is 306 g/mol. The monoisotopic (exact) mass is 321 g/mol. The Labute approximate surface area is 121 Å². The molecule has 1 atom stereocenters. The first-order valence-electron chi connectivity index (χ1n) is 6.22. The lowest BCUT2D eigenvalue weighted by atomic mass is 10.0. The van der Waals surface area contributed by atoms with Gasteiger partial charge in [-0.2, -0.15) is 0 Å². The zero-order chi connectivity index (χ0) is 13.8. The van der Waals surface area contributed by atoms with Crippen LogP contribution in [-0.2, 0) is 0 Å². The molecule has 0 aliphatic heterocycles. The highest BCUT2D eigenvalue weighted by Gasteiger charge is 2.16. The van der Waals surface area contributed by atoms with Gasteiger partial charge < -0.3 is 9.73 Å². The zero-order valence-corrected chi connectivity index (χ0v) is 12.5. The molecule has 0 spiro atoms. The van der Waals surface area contributed by atoms with Gasteiger partial charge in [0.15, 0.2) is 0 Å². The number of carbonyl (C=O) groups excluding carboxylic acids is 1. The molecule has 4 heteroatoms. The third-order valence-electron chi connectivity index (χ3n) is 3.09. The van der Waals surface area contributed by atoms with Gasteiger partial charge in [-0.1, -0.05) is 35.0 Å². The Morgan fingerprint density at radius 1 is 1.32 bits per heavy atom. The molecular formula is C15H16BrNO2. The summed E-state index contributed by atoms with van der Waals surface area (Å²) in [5.74, 6) is 0.546. The molecule has 1 amide bonds. The molecule has 100 valence electrons. The summed E-state index contributed by atoms with van der Waals surface area (Å²) < 4.78 is 6.19. The molecule has 1 N–H and O–H groups in total. The molecule has 1 unspecified atom stereocenters. The Balaban J connectivity index is 2.13. The van der Waals surface area contributed by atoms with Crippen molar-refractivity contribution >= 4 is 21.8 Å². The summed E-state index contributed by atoms with van der Waals surface area (Å²) in [4.78, 5) is 12.2. The van der Waals surface area contributed by atoms with Gasteiger partial charge in [0.2, 0.25) is 0 Å². The molecule has 0 fully saturated rings. The number of nitrogens with one attached hydrogen (secondary N) is 1. The fraction of sp³-hybridized carbons (Fsp3) is 0.267. The number of furan rings is 1. The van der Waals surface area contributed by atoms with Crippen LogP contribution in [0.2, 0.25) is 0 Å². The van der Waals surface area contributed by atoms with Crippen molar-refractivity contribution in [1.29, 1.82) is 0 Å². The Morgan fingerprint density at radius 3 is 2.53 bits per heavy atom. The van der Waals surface area contributed by atoms with E-state index in [9.17, 15) is 4.79 Å². The second-order valence-electron chi connectivity index (χ2n) is 4.38. The van der Waals surface area contributed by atoms with Crippen LogP contribution in [0.15, 0.2) is 45.5 Å². The lowest BCUT2D eigenvalue weighted by Crippen LogP contribution is -2.28. The van der Waals surface area contributed by atoms with Crippen LogP contribution in [0.4, 0.5) is 0 Å². The first kappa shape index (κ1) is 13.9. The standard InChI is InChI=1S/C15H16BrNO2/c1-3-14(11-4-6-12(16)7-5-11)17-15(18)13-8-9-19-10(13)2/h4-9,14H,3H2,1-2H3,(H,17,18). The van der Waals surface area contributed by atoms with E-state index in [0.29, 0.717) is 11.3 Å². The maximum Gasteiger partial charge on any atom is 0.255 e. The van der Waals surface area contributed by atoms with Gasteiger partial charge in [0.1, 0.15) is 5.76 Å². The van der Waals surface area contributed by atoms with Gasteiger partial charge >= 0.3 is 0 Å². The summed E-state index contributed by atoms with van der Waals surface area (Å²) in [5.41, 5.74) is 1.69. The smallest absolute Gasteiger partial charge is 0.255 e. The minimum atomic E-state index is -0.0963. The maximum atomic E-state index is 12.2. The molecule has 0 radical (unpaired) electrons. The SMILES string of the molecule is CCC(NC(=O)c1ccoc1C)c1ccc(Br)cc1. The molecule has 3 nitrogen and oxygen atoms in total. The zero-order valence-electron chi connectivity index (χ0n) is 10.9. The van der Waals surface area contributed by atoms with E-state index >= 15 is 0 Å². The highest BCUT2D eigenvalue weighted by atomic mass is 79.9. The summed E-state index contributed by atoms with van der Waals surface area (Å²) in [6, 6.07) is 9.69. The maximum absolute atomic E-state index is 12.2. The summed E-state index contributed by atoms with van der Waals surface area (Å²) in [6.45, 7) is 3.84. The lowest BCUT2D eigenvalue weighted by Gasteiger charge is -2.17. The van der Waals surface area contributed by atoms with Gasteiger partial charge in [-0.25, -0.2) is 0 Å². The van der Waals surface area contributed by atoms with Crippen molar-refractivity contribution in [2.45, 2.75) is 26.3 Å². The molecule has 2 rings (SSSR count). The van der Waals surface area contributed by atoms with Crippen LogP contribution in [0, 0.1) is 6.92 Å². The van der Waals surface area contributed by atoms with Crippen molar-refractivity contribution < 1.29 is 9.21 Å². The second-order valence-corrected chi connectivity index (χ2v) is 5.29. The third-order valence-corrected chi connectivity index (χ3v) is 3.62. The minimum Gasteiger partial charge on any atom is -0.469 e. The van der Waals surface area contributed by atoms with Gasteiger partial charge in [-0.05, 0) is 37.1 Å². The first-order valence-corrected chi connectivity index (χ1v) is 7.01. The molecule has 2 aromatic rings. The predicted molar refractivity (Wildman–Crippen MR) is 78.1 cm³/mol. The third kappa shape index (κ3) is 3.26. The molecule has 0 aliphatic rings. The van der Waals surface area contributed by atoms with Crippen molar-refractivity contribution in [3.05, 3.63) is 58.0 Å². The molecule has 0 saturated heterocycles. The van der Waals surface area contributed by atoms with E-state index < -0.39 is 0 Å². The van der Waals surface area contributed by atoms with Crippen LogP contribution in [0.5, 0.6) is 0 Å². The number of amides is 1. The number of aryl methyl sites for hydroxylation is 1. The highest BCUT2D eigenvalue weighted by molar-refractivity contribution is 9.10. The van der Waals surface area contributed by atoms with E-state index in [1.807, 2.05) is 24.3 Å². The van der Waals surface area contributed by atoms with E-state index in [-0.39, 0.29) is 11.9 Å². The fourth-order valence-electron chi connectivity index (χ4n) is 1.97. The van der Waals surface area contributed by atoms with Crippen LogP contribution in [-0.4, -0.2) is 5.91 Å². The van der Waals surface area contributed by atoms with Crippen molar-refractivity contribution in [3.63, 3.8) is 0 Å². The minimum absolute atomic E-state index is 0.00917. The Bertz CT molecular complexity index is 560. The largest absolute Gasteiger partial charge is 0.469 e. The summed E-state index contributed by atoms with van der Waals surface area (Å²) in [6.07, 6.45) is 2.37. The van der Waals surface area contributed by atoms with Crippen LogP contribution in [0.3, 0.4) is 0 Å². The van der Waals surface area contributed by atoms with E-state index in [1.165, 1.54) is 6.26 Å². The average Bonchev–Trinajstić information content (AvgIpc) is 2.83. The van der Waals surface area contributed by atoms with Crippen LogP contribution in [0.25, 0.3) is 0 Å². The predicted octanol–water partition coefficient (Wildman–Crippen LogP) is 4.23. The molecule has 1 heterocycles. The van der Waals surface area contributed by atoms with Crippen molar-refractivity contribution in [3.8, 4) is 0 Å². The van der Waals surface area contributed by atoms with Crippen LogP contribution in [0.1, 0.15) is 41.1 Å². The molecule has 1 aromatic heterocycles. The van der Waals surface area contributed by atoms with Gasteiger partial charge in [0.05, 0.1) is 17.9 Å². The Hall–Kier alpha value is -1.55. The van der Waals surface area contributed by atoms with Gasteiger partial charge in [-0.15, -0.1) is 0 Å². The molecule has 0 aliphatic carbocycles. The van der Waals surface area contributed by atoms with E-state index in [4.69, 9.17) is 4.42 Å². The van der Waals surface area contributed by atoms with Gasteiger partial charge in [-0.3, -0.25) is 4.79 Å². The normalized spacial score (nSPS) is 12.2. The number of rotatable bonds is 4. The number of benzene rings is 1. The quantitative estimate of drug-likeness (QED) is 0.915. The molecule has 0 bridgehead atoms. The van der Waals surface area contributed by atoms with E-state index in [2.05, 4.69) is 28.2 Å². The van der Waals surface area contributed by atoms with Gasteiger partial charge in [0, 0.05) is 4.47 Å². The van der Waals surface area contributed by atoms with Crippen molar-refractivity contribution in [1.82, 2.24) is 5.32 Å². The first-order chi connectivity index (χ1) is 9.11. The highest BCUT2D eigenvalue weighted by Crippen LogP contribution is 2.20. The average molecular weight is 322 g/mol.